The van der Waals surface area contributed by atoms with E-state index in [4.69, 9.17) is 4.74 Å². The van der Waals surface area contributed by atoms with Crippen LogP contribution in [0.25, 0.3) is 10.9 Å². The average Bonchev–Trinajstić information content (AvgIpc) is 2.72. The first-order valence-electron chi connectivity index (χ1n) is 9.44. The summed E-state index contributed by atoms with van der Waals surface area (Å²) in [5.74, 6) is 0.966. The standard InChI is InChI=1S/C20H26N2O5/c1-27-13-2-3-17-15(9-13)14(5-7-22(17)26)20(25)18-8-12-4-6-21(18)10-16(12)19(24)11-23/h2-3,5,7,9,12,16,18-20,23-25H,4,6,8,10-11H2,1H3/t12-,16-,18+,19?,20-/m0/s1. The minimum absolute atomic E-state index is 0.0450. The number of hydrogen-bond donors (Lipinski definition) is 3. The highest BCUT2D eigenvalue weighted by Gasteiger charge is 2.45. The largest absolute Gasteiger partial charge is 0.618 e. The Kier molecular flexibility index (Phi) is 4.94. The van der Waals surface area contributed by atoms with Crippen molar-refractivity contribution in [1.29, 1.82) is 0 Å². The number of hydrogen-bond acceptors (Lipinski definition) is 6. The predicted molar refractivity (Wildman–Crippen MR) is 99.1 cm³/mol. The van der Waals surface area contributed by atoms with Crippen LogP contribution in [0.1, 0.15) is 24.5 Å². The second-order valence-corrected chi connectivity index (χ2v) is 7.69. The van der Waals surface area contributed by atoms with Gasteiger partial charge in [-0.05, 0) is 37.4 Å². The summed E-state index contributed by atoms with van der Waals surface area (Å²) in [6.07, 6.45) is 1.71. The van der Waals surface area contributed by atoms with Gasteiger partial charge in [-0.25, -0.2) is 0 Å². The number of aromatic nitrogens is 1. The van der Waals surface area contributed by atoms with Crippen molar-refractivity contribution in [3.63, 3.8) is 0 Å². The lowest BCUT2D eigenvalue weighted by atomic mass is 9.71. The maximum absolute atomic E-state index is 12.1. The first kappa shape index (κ1) is 18.4. The molecule has 4 heterocycles. The van der Waals surface area contributed by atoms with Crippen LogP contribution < -0.4 is 9.47 Å². The van der Waals surface area contributed by atoms with Crippen molar-refractivity contribution < 1.29 is 24.8 Å². The third-order valence-electron chi connectivity index (χ3n) is 6.36. The van der Waals surface area contributed by atoms with E-state index in [9.17, 15) is 20.5 Å². The Bertz CT molecular complexity index is 829. The molecular weight excluding hydrogens is 348 g/mol. The normalized spacial score (nSPS) is 29.6. The summed E-state index contributed by atoms with van der Waals surface area (Å²) in [7, 11) is 1.57. The van der Waals surface area contributed by atoms with Gasteiger partial charge in [0.1, 0.15) is 5.75 Å². The SMILES string of the molecule is COc1ccc2c(c1)c([C@H](O)[C@H]1C[C@@H]3CCN1C[C@@H]3C(O)CO)cc[n+]2[O-]. The molecule has 0 amide bonds. The van der Waals surface area contributed by atoms with E-state index in [2.05, 4.69) is 4.90 Å². The fraction of sp³-hybridized carbons (Fsp3) is 0.550. The molecule has 5 rings (SSSR count). The molecule has 0 radical (unpaired) electrons. The quantitative estimate of drug-likeness (QED) is 0.523. The number of rotatable bonds is 5. The molecule has 7 nitrogen and oxygen atoms in total. The lowest BCUT2D eigenvalue weighted by molar-refractivity contribution is -0.577. The van der Waals surface area contributed by atoms with Gasteiger partial charge in [-0.1, -0.05) is 0 Å². The lowest BCUT2D eigenvalue weighted by Crippen LogP contribution is -2.58. The topological polar surface area (TPSA) is 100 Å². The number of aliphatic hydroxyl groups is 3. The number of ether oxygens (including phenoxy) is 1. The fourth-order valence-corrected chi connectivity index (χ4v) is 4.86. The van der Waals surface area contributed by atoms with Gasteiger partial charge in [0.15, 0.2) is 6.20 Å². The van der Waals surface area contributed by atoms with E-state index in [1.54, 1.807) is 31.4 Å². The van der Waals surface area contributed by atoms with Crippen LogP contribution in [0.3, 0.4) is 0 Å². The molecule has 3 saturated heterocycles. The van der Waals surface area contributed by atoms with Gasteiger partial charge >= 0.3 is 0 Å². The van der Waals surface area contributed by atoms with Crippen molar-refractivity contribution in [2.24, 2.45) is 11.8 Å². The molecule has 1 aromatic heterocycles. The number of piperidine rings is 3. The Morgan fingerprint density at radius 1 is 1.33 bits per heavy atom. The van der Waals surface area contributed by atoms with Crippen LogP contribution >= 0.6 is 0 Å². The minimum Gasteiger partial charge on any atom is -0.618 e. The van der Waals surface area contributed by atoms with E-state index in [0.29, 0.717) is 28.8 Å². The zero-order chi connectivity index (χ0) is 19.1. The third kappa shape index (κ3) is 3.14. The van der Waals surface area contributed by atoms with Crippen LogP contribution in [0.2, 0.25) is 0 Å². The molecule has 7 heteroatoms. The second-order valence-electron chi connectivity index (χ2n) is 7.69. The van der Waals surface area contributed by atoms with Gasteiger partial charge in [0, 0.05) is 36.2 Å². The molecule has 146 valence electrons. The van der Waals surface area contributed by atoms with Crippen LogP contribution in [-0.2, 0) is 0 Å². The Labute approximate surface area is 158 Å². The van der Waals surface area contributed by atoms with Crippen molar-refractivity contribution in [1.82, 2.24) is 4.90 Å². The van der Waals surface area contributed by atoms with Gasteiger partial charge in [-0.2, -0.15) is 4.73 Å². The molecular formula is C20H26N2O5. The Morgan fingerprint density at radius 3 is 2.81 bits per heavy atom. The molecule has 3 fully saturated rings. The van der Waals surface area contributed by atoms with Crippen molar-refractivity contribution in [3.05, 3.63) is 41.2 Å². The summed E-state index contributed by atoms with van der Waals surface area (Å²) in [6, 6.07) is 6.85. The predicted octanol–water partition coefficient (Wildman–Crippen LogP) is 0.579. The molecule has 3 N–H and O–H groups in total. The zero-order valence-corrected chi connectivity index (χ0v) is 15.4. The van der Waals surface area contributed by atoms with E-state index < -0.39 is 12.2 Å². The van der Waals surface area contributed by atoms with Crippen molar-refractivity contribution >= 4 is 10.9 Å². The maximum Gasteiger partial charge on any atom is 0.224 e. The molecule has 0 aliphatic carbocycles. The van der Waals surface area contributed by atoms with Crippen LogP contribution in [-0.4, -0.2) is 59.2 Å². The molecule has 0 spiro atoms. The average molecular weight is 374 g/mol. The van der Waals surface area contributed by atoms with Crippen LogP contribution in [0.4, 0.5) is 0 Å². The van der Waals surface area contributed by atoms with Gasteiger partial charge < -0.3 is 25.3 Å². The second kappa shape index (κ2) is 7.24. The van der Waals surface area contributed by atoms with Gasteiger partial charge in [0.2, 0.25) is 5.52 Å². The number of nitrogens with zero attached hydrogens (tertiary/aromatic N) is 2. The molecule has 3 aliphatic rings. The Morgan fingerprint density at radius 2 is 2.15 bits per heavy atom. The molecule has 1 aromatic carbocycles. The van der Waals surface area contributed by atoms with Crippen LogP contribution in [0, 0.1) is 17.0 Å². The van der Waals surface area contributed by atoms with Crippen molar-refractivity contribution in [3.8, 4) is 5.75 Å². The monoisotopic (exact) mass is 374 g/mol. The van der Waals surface area contributed by atoms with E-state index >= 15 is 0 Å². The highest BCUT2D eigenvalue weighted by Crippen LogP contribution is 2.42. The fourth-order valence-electron chi connectivity index (χ4n) is 4.86. The number of methoxy groups -OCH3 is 1. The highest BCUT2D eigenvalue weighted by molar-refractivity contribution is 5.81. The smallest absolute Gasteiger partial charge is 0.224 e. The van der Waals surface area contributed by atoms with E-state index in [1.165, 1.54) is 6.20 Å². The molecule has 2 bridgehead atoms. The first-order valence-corrected chi connectivity index (χ1v) is 9.44. The van der Waals surface area contributed by atoms with Crippen LogP contribution in [0.5, 0.6) is 5.75 Å². The summed E-state index contributed by atoms with van der Waals surface area (Å²) in [5.41, 5.74) is 1.21. The van der Waals surface area contributed by atoms with Gasteiger partial charge in [0.25, 0.3) is 0 Å². The summed E-state index contributed by atoms with van der Waals surface area (Å²) in [6.45, 7) is 1.31. The molecule has 3 aliphatic heterocycles. The summed E-state index contributed by atoms with van der Waals surface area (Å²) >= 11 is 0. The van der Waals surface area contributed by atoms with Crippen molar-refractivity contribution in [2.75, 3.05) is 26.8 Å². The molecule has 0 saturated carbocycles. The van der Waals surface area contributed by atoms with E-state index in [-0.39, 0.29) is 24.5 Å². The molecule has 2 unspecified atom stereocenters. The minimum atomic E-state index is -0.740. The number of aliphatic hydroxyl groups excluding tert-OH is 3. The Balaban J connectivity index is 1.66. The van der Waals surface area contributed by atoms with Gasteiger partial charge in [-0.15, -0.1) is 0 Å². The van der Waals surface area contributed by atoms with Crippen LogP contribution in [0.15, 0.2) is 30.5 Å². The summed E-state index contributed by atoms with van der Waals surface area (Å²) < 4.78 is 6.09. The highest BCUT2D eigenvalue weighted by atomic mass is 16.5. The summed E-state index contributed by atoms with van der Waals surface area (Å²) in [4.78, 5) is 2.21. The van der Waals surface area contributed by atoms with E-state index in [0.717, 1.165) is 24.1 Å². The first-order chi connectivity index (χ1) is 13.0. The molecule has 27 heavy (non-hydrogen) atoms. The summed E-state index contributed by atoms with van der Waals surface area (Å²) in [5, 5.41) is 43.4. The van der Waals surface area contributed by atoms with Crippen molar-refractivity contribution in [2.45, 2.75) is 31.1 Å². The number of fused-ring (bicyclic) bond motifs is 4. The van der Waals surface area contributed by atoms with E-state index in [1.807, 2.05) is 0 Å². The molecule has 6 atom stereocenters. The third-order valence-corrected chi connectivity index (χ3v) is 6.36. The maximum atomic E-state index is 12.1. The lowest BCUT2D eigenvalue weighted by Gasteiger charge is -2.52. The van der Waals surface area contributed by atoms with Gasteiger partial charge in [-0.3, -0.25) is 4.90 Å². The number of pyridine rings is 1. The zero-order valence-electron chi connectivity index (χ0n) is 15.4. The number of benzene rings is 1. The Hall–Kier alpha value is -1.93. The van der Waals surface area contributed by atoms with Gasteiger partial charge in [0.05, 0.1) is 31.3 Å². The molecule has 2 aromatic rings.